The normalized spacial score (nSPS) is 10.5. The van der Waals surface area contributed by atoms with Gasteiger partial charge in [-0.3, -0.25) is 0 Å². The Kier molecular flexibility index (Phi) is 4.74. The van der Waals surface area contributed by atoms with E-state index in [2.05, 4.69) is 20.6 Å². The van der Waals surface area contributed by atoms with Crippen LogP contribution in [-0.2, 0) is 0 Å². The van der Waals surface area contributed by atoms with Crippen molar-refractivity contribution in [2.24, 2.45) is 0 Å². The number of nitrogens with two attached hydrogens (primary N) is 1. The van der Waals surface area contributed by atoms with Crippen LogP contribution in [0.25, 0.3) is 0 Å². The van der Waals surface area contributed by atoms with Crippen LogP contribution in [0.4, 0.5) is 28.7 Å². The van der Waals surface area contributed by atoms with Gasteiger partial charge in [-0.2, -0.15) is 0 Å². The quantitative estimate of drug-likeness (QED) is 0.599. The van der Waals surface area contributed by atoms with Gasteiger partial charge in [0, 0.05) is 21.4 Å². The zero-order valence-corrected chi connectivity index (χ0v) is 14.4. The van der Waals surface area contributed by atoms with Gasteiger partial charge in [0.1, 0.15) is 12.0 Å². The van der Waals surface area contributed by atoms with Crippen LogP contribution in [0.5, 0.6) is 0 Å². The van der Waals surface area contributed by atoms with Crippen LogP contribution in [0.3, 0.4) is 0 Å². The number of rotatable bonds is 4. The predicted octanol–water partition coefficient (Wildman–Crippen LogP) is 5.16. The average molecular weight is 360 g/mol. The molecule has 7 heteroatoms. The van der Waals surface area contributed by atoms with Gasteiger partial charge in [-0.25, -0.2) is 9.97 Å². The number of halogens is 2. The van der Waals surface area contributed by atoms with Crippen molar-refractivity contribution in [3.63, 3.8) is 0 Å². The predicted molar refractivity (Wildman–Crippen MR) is 101 cm³/mol. The van der Waals surface area contributed by atoms with Crippen molar-refractivity contribution in [3.8, 4) is 0 Å². The molecule has 0 aliphatic heterocycles. The smallest absolute Gasteiger partial charge is 0.159 e. The molecule has 1 aromatic heterocycles. The Labute approximate surface area is 149 Å². The summed E-state index contributed by atoms with van der Waals surface area (Å²) in [6, 6.07) is 12.9. The number of anilines is 5. The Bertz CT molecular complexity index is 883. The standard InChI is InChI=1S/C17H15Cl2N5/c1-10-7-12(19)5-6-14(10)24-17-15(20)16(21-9-22-17)23-13-4-2-3-11(18)8-13/h2-9H,20H2,1H3,(H2,21,22,23,24). The molecule has 3 aromatic rings. The van der Waals surface area contributed by atoms with Crippen LogP contribution in [0.2, 0.25) is 10.0 Å². The summed E-state index contributed by atoms with van der Waals surface area (Å²) in [7, 11) is 0. The van der Waals surface area contributed by atoms with E-state index in [1.807, 2.05) is 31.2 Å². The zero-order chi connectivity index (χ0) is 17.1. The molecule has 1 heterocycles. The van der Waals surface area contributed by atoms with E-state index in [1.165, 1.54) is 6.33 Å². The molecule has 0 bridgehead atoms. The summed E-state index contributed by atoms with van der Waals surface area (Å²) in [5.74, 6) is 1.02. The third-order valence-electron chi connectivity index (χ3n) is 3.41. The van der Waals surface area contributed by atoms with E-state index in [4.69, 9.17) is 28.9 Å². The van der Waals surface area contributed by atoms with E-state index >= 15 is 0 Å². The maximum Gasteiger partial charge on any atom is 0.159 e. The number of nitrogens with zero attached hydrogens (tertiary/aromatic N) is 2. The summed E-state index contributed by atoms with van der Waals surface area (Å²) in [5, 5.41) is 7.65. The number of nitrogens with one attached hydrogen (secondary N) is 2. The minimum Gasteiger partial charge on any atom is -0.393 e. The molecule has 3 rings (SSSR count). The SMILES string of the molecule is Cc1cc(Cl)ccc1Nc1ncnc(Nc2cccc(Cl)c2)c1N. The van der Waals surface area contributed by atoms with Gasteiger partial charge in [-0.15, -0.1) is 0 Å². The Morgan fingerprint density at radius 3 is 2.33 bits per heavy atom. The maximum absolute atomic E-state index is 6.19. The molecule has 0 saturated carbocycles. The monoisotopic (exact) mass is 359 g/mol. The van der Waals surface area contributed by atoms with Gasteiger partial charge in [-0.1, -0.05) is 29.3 Å². The molecule has 0 radical (unpaired) electrons. The van der Waals surface area contributed by atoms with E-state index in [9.17, 15) is 0 Å². The first-order valence-electron chi connectivity index (χ1n) is 7.19. The molecule has 0 spiro atoms. The molecule has 0 aliphatic carbocycles. The molecule has 0 saturated heterocycles. The molecule has 4 N–H and O–H groups in total. The molecule has 0 atom stereocenters. The van der Waals surface area contributed by atoms with Crippen molar-refractivity contribution >= 4 is 51.9 Å². The van der Waals surface area contributed by atoms with Crippen molar-refractivity contribution in [1.82, 2.24) is 9.97 Å². The van der Waals surface area contributed by atoms with Gasteiger partial charge in [-0.05, 0) is 48.9 Å². The van der Waals surface area contributed by atoms with Gasteiger partial charge in [0.25, 0.3) is 0 Å². The highest BCUT2D eigenvalue weighted by molar-refractivity contribution is 6.31. The van der Waals surface area contributed by atoms with E-state index in [1.54, 1.807) is 18.2 Å². The molecule has 2 aromatic carbocycles. The van der Waals surface area contributed by atoms with Crippen molar-refractivity contribution in [2.45, 2.75) is 6.92 Å². The molecule has 0 unspecified atom stereocenters. The van der Waals surface area contributed by atoms with Crippen LogP contribution >= 0.6 is 23.2 Å². The maximum atomic E-state index is 6.19. The summed E-state index contributed by atoms with van der Waals surface area (Å²) in [6.45, 7) is 1.96. The van der Waals surface area contributed by atoms with Crippen molar-refractivity contribution in [1.29, 1.82) is 0 Å². The Morgan fingerprint density at radius 2 is 1.62 bits per heavy atom. The largest absolute Gasteiger partial charge is 0.393 e. The summed E-state index contributed by atoms with van der Waals surface area (Å²) in [6.07, 6.45) is 1.44. The minimum absolute atomic E-state index is 0.409. The highest BCUT2D eigenvalue weighted by Gasteiger charge is 2.10. The van der Waals surface area contributed by atoms with E-state index < -0.39 is 0 Å². The molecule has 122 valence electrons. The van der Waals surface area contributed by atoms with Gasteiger partial charge < -0.3 is 16.4 Å². The molecular weight excluding hydrogens is 345 g/mol. The van der Waals surface area contributed by atoms with E-state index in [0.29, 0.717) is 27.4 Å². The Morgan fingerprint density at radius 1 is 0.917 bits per heavy atom. The van der Waals surface area contributed by atoms with Crippen LogP contribution < -0.4 is 16.4 Å². The zero-order valence-electron chi connectivity index (χ0n) is 12.8. The lowest BCUT2D eigenvalue weighted by Crippen LogP contribution is -2.05. The molecule has 24 heavy (non-hydrogen) atoms. The fourth-order valence-electron chi connectivity index (χ4n) is 2.19. The minimum atomic E-state index is 0.409. The Hall–Kier alpha value is -2.50. The van der Waals surface area contributed by atoms with Crippen molar-refractivity contribution < 1.29 is 0 Å². The first-order valence-corrected chi connectivity index (χ1v) is 7.95. The number of nitrogen functional groups attached to an aromatic ring is 1. The molecule has 0 amide bonds. The second kappa shape index (κ2) is 6.95. The lowest BCUT2D eigenvalue weighted by atomic mass is 10.2. The van der Waals surface area contributed by atoms with E-state index in [0.717, 1.165) is 16.9 Å². The third-order valence-corrected chi connectivity index (χ3v) is 3.88. The molecule has 5 nitrogen and oxygen atoms in total. The van der Waals surface area contributed by atoms with Gasteiger partial charge >= 0.3 is 0 Å². The fraction of sp³-hybridized carbons (Fsp3) is 0.0588. The molecule has 0 fully saturated rings. The summed E-state index contributed by atoms with van der Waals surface area (Å²) in [4.78, 5) is 8.40. The van der Waals surface area contributed by atoms with E-state index in [-0.39, 0.29) is 0 Å². The van der Waals surface area contributed by atoms with Crippen LogP contribution in [0.1, 0.15) is 5.56 Å². The van der Waals surface area contributed by atoms with Crippen LogP contribution in [0, 0.1) is 6.92 Å². The highest BCUT2D eigenvalue weighted by atomic mass is 35.5. The second-order valence-corrected chi connectivity index (χ2v) is 6.08. The topological polar surface area (TPSA) is 75.9 Å². The molecular formula is C17H15Cl2N5. The summed E-state index contributed by atoms with van der Waals surface area (Å²) < 4.78 is 0. The van der Waals surface area contributed by atoms with Crippen LogP contribution in [-0.4, -0.2) is 9.97 Å². The highest BCUT2D eigenvalue weighted by Crippen LogP contribution is 2.30. The first kappa shape index (κ1) is 16.4. The third kappa shape index (κ3) is 3.69. The summed E-state index contributed by atoms with van der Waals surface area (Å²) in [5.41, 5.74) is 9.25. The van der Waals surface area contributed by atoms with Crippen molar-refractivity contribution in [3.05, 3.63) is 64.4 Å². The van der Waals surface area contributed by atoms with Gasteiger partial charge in [0.05, 0.1) is 0 Å². The van der Waals surface area contributed by atoms with Gasteiger partial charge in [0.2, 0.25) is 0 Å². The number of hydrogen-bond acceptors (Lipinski definition) is 5. The lowest BCUT2D eigenvalue weighted by molar-refractivity contribution is 1.17. The fourth-order valence-corrected chi connectivity index (χ4v) is 2.61. The number of benzene rings is 2. The van der Waals surface area contributed by atoms with Crippen molar-refractivity contribution in [2.75, 3.05) is 16.4 Å². The first-order chi connectivity index (χ1) is 11.5. The van der Waals surface area contributed by atoms with Crippen LogP contribution in [0.15, 0.2) is 48.8 Å². The number of hydrogen-bond donors (Lipinski definition) is 3. The summed E-state index contributed by atoms with van der Waals surface area (Å²) >= 11 is 12.0. The van der Waals surface area contributed by atoms with Gasteiger partial charge in [0.15, 0.2) is 11.6 Å². The Balaban J connectivity index is 1.88. The molecule has 0 aliphatic rings. The number of aryl methyl sites for hydroxylation is 1. The average Bonchev–Trinajstić information content (AvgIpc) is 2.54. The number of aromatic nitrogens is 2. The lowest BCUT2D eigenvalue weighted by Gasteiger charge is -2.14. The second-order valence-electron chi connectivity index (χ2n) is 5.20.